The van der Waals surface area contributed by atoms with Crippen molar-refractivity contribution in [1.82, 2.24) is 9.80 Å². The van der Waals surface area contributed by atoms with Crippen molar-refractivity contribution in [2.24, 2.45) is 10.8 Å². The second-order valence-corrected chi connectivity index (χ2v) is 14.3. The molecule has 2 saturated heterocycles. The Labute approximate surface area is 280 Å². The normalized spacial score (nSPS) is 21.6. The third-order valence-corrected chi connectivity index (χ3v) is 7.97. The highest BCUT2D eigenvalue weighted by molar-refractivity contribution is 5.88. The molecule has 10 nitrogen and oxygen atoms in total. The van der Waals surface area contributed by atoms with Crippen molar-refractivity contribution in [2.45, 2.75) is 97.9 Å². The Bertz CT molecular complexity index is 1290. The van der Waals surface area contributed by atoms with Gasteiger partial charge in [0, 0.05) is 45.4 Å². The first-order chi connectivity index (χ1) is 22.0. The van der Waals surface area contributed by atoms with Gasteiger partial charge in [-0.2, -0.15) is 5.26 Å². The Morgan fingerprint density at radius 3 is 1.79 bits per heavy atom. The minimum Gasteiger partial charge on any atom is -0.444 e. The molecule has 0 saturated carbocycles. The summed E-state index contributed by atoms with van der Waals surface area (Å²) in [5.74, 6) is 0.225. The van der Waals surface area contributed by atoms with E-state index < -0.39 is 28.1 Å². The third-order valence-electron chi connectivity index (χ3n) is 7.97. The predicted octanol–water partition coefficient (Wildman–Crippen LogP) is 7.04. The van der Waals surface area contributed by atoms with Crippen LogP contribution in [0.2, 0.25) is 0 Å². The number of carbonyl (C=O) groups is 4. The van der Waals surface area contributed by atoms with Gasteiger partial charge in [0.25, 0.3) is 0 Å². The summed E-state index contributed by atoms with van der Waals surface area (Å²) in [4.78, 5) is 52.8. The molecule has 0 bridgehead atoms. The minimum atomic E-state index is -0.758. The fourth-order valence-corrected chi connectivity index (χ4v) is 5.68. The van der Waals surface area contributed by atoms with Crippen LogP contribution in [0.5, 0.6) is 0 Å². The molecule has 0 radical (unpaired) electrons. The summed E-state index contributed by atoms with van der Waals surface area (Å²) in [7, 11) is 0. The standard InChI is InChI=1S/C21H29NO4.C16H24N2O3/c1-5-12-21(16-25-14-17-9-7-6-8-10-17)15-22(13-11-18(21)23)19(24)26-20(2,3)4;1-5-8-16(9-6-10-17)12-18(11-7-13(16)19)14(20)21-15(2,3)4/h5-10H,1,11-16H2,2-4H3;5H,1,6-9,11-12H2,2-4H3/t21-;16-/m10/s1. The highest BCUT2D eigenvalue weighted by Crippen LogP contribution is 2.36. The number of hydrogen-bond acceptors (Lipinski definition) is 8. The fourth-order valence-electron chi connectivity index (χ4n) is 5.68. The maximum absolute atomic E-state index is 12.7. The lowest BCUT2D eigenvalue weighted by Gasteiger charge is -2.41. The van der Waals surface area contributed by atoms with Crippen LogP contribution in [0, 0.1) is 22.2 Å². The lowest BCUT2D eigenvalue weighted by atomic mass is 9.73. The topological polar surface area (TPSA) is 126 Å². The summed E-state index contributed by atoms with van der Waals surface area (Å²) in [5.41, 5.74) is -1.53. The maximum Gasteiger partial charge on any atom is 0.410 e. The van der Waals surface area contributed by atoms with Crippen LogP contribution in [0.25, 0.3) is 0 Å². The van der Waals surface area contributed by atoms with Crippen LogP contribution in [0.15, 0.2) is 55.6 Å². The molecule has 2 atom stereocenters. The van der Waals surface area contributed by atoms with E-state index in [9.17, 15) is 19.2 Å². The van der Waals surface area contributed by atoms with Crippen molar-refractivity contribution < 1.29 is 33.4 Å². The number of piperidine rings is 2. The van der Waals surface area contributed by atoms with E-state index in [1.807, 2.05) is 71.9 Å². The average Bonchev–Trinajstić information content (AvgIpc) is 2.98. The zero-order valence-electron chi connectivity index (χ0n) is 29.1. The van der Waals surface area contributed by atoms with Crippen molar-refractivity contribution in [1.29, 1.82) is 5.26 Å². The van der Waals surface area contributed by atoms with Crippen LogP contribution in [0.1, 0.15) is 85.6 Å². The number of likely N-dealkylation sites (tertiary alicyclic amines) is 2. The zero-order chi connectivity index (χ0) is 35.3. The van der Waals surface area contributed by atoms with Crippen molar-refractivity contribution in [3.63, 3.8) is 0 Å². The van der Waals surface area contributed by atoms with E-state index in [0.29, 0.717) is 71.3 Å². The molecular weight excluding hydrogens is 598 g/mol. The van der Waals surface area contributed by atoms with Crippen LogP contribution in [0.4, 0.5) is 9.59 Å². The number of benzene rings is 1. The number of ether oxygens (including phenoxy) is 3. The van der Waals surface area contributed by atoms with Gasteiger partial charge in [-0.15, -0.1) is 13.2 Å². The van der Waals surface area contributed by atoms with Crippen LogP contribution in [0.3, 0.4) is 0 Å². The molecule has 2 fully saturated rings. The number of Topliss-reactive ketones (excluding diaryl/α,β-unsaturated/α-hetero) is 2. The van der Waals surface area contributed by atoms with Gasteiger partial charge in [-0.25, -0.2) is 9.59 Å². The van der Waals surface area contributed by atoms with Gasteiger partial charge in [0.05, 0.1) is 30.1 Å². The van der Waals surface area contributed by atoms with E-state index in [0.717, 1.165) is 5.56 Å². The van der Waals surface area contributed by atoms with Crippen LogP contribution < -0.4 is 0 Å². The molecule has 3 rings (SSSR count). The number of carbonyl (C=O) groups excluding carboxylic acids is 4. The van der Waals surface area contributed by atoms with Crippen LogP contribution >= 0.6 is 0 Å². The van der Waals surface area contributed by atoms with Gasteiger partial charge < -0.3 is 24.0 Å². The molecule has 2 aliphatic rings. The first-order valence-electron chi connectivity index (χ1n) is 16.2. The van der Waals surface area contributed by atoms with Crippen molar-refractivity contribution in [2.75, 3.05) is 32.8 Å². The quantitative estimate of drug-likeness (QED) is 0.247. The summed E-state index contributed by atoms with van der Waals surface area (Å²) >= 11 is 0. The van der Waals surface area contributed by atoms with E-state index in [1.54, 1.807) is 22.0 Å². The molecule has 2 amide bonds. The lowest BCUT2D eigenvalue weighted by Crippen LogP contribution is -2.54. The average molecular weight is 652 g/mol. The molecule has 0 N–H and O–H groups in total. The summed E-state index contributed by atoms with van der Waals surface area (Å²) in [6, 6.07) is 11.9. The molecule has 10 heteroatoms. The van der Waals surface area contributed by atoms with Crippen LogP contribution in [-0.4, -0.2) is 77.5 Å². The van der Waals surface area contributed by atoms with Gasteiger partial charge in [-0.3, -0.25) is 9.59 Å². The Kier molecular flexibility index (Phi) is 14.4. The molecular formula is C37H53N3O7. The molecule has 47 heavy (non-hydrogen) atoms. The van der Waals surface area contributed by atoms with Crippen molar-refractivity contribution >= 4 is 23.8 Å². The molecule has 0 spiro atoms. The van der Waals surface area contributed by atoms with E-state index in [2.05, 4.69) is 19.2 Å². The molecule has 0 aromatic heterocycles. The van der Waals surface area contributed by atoms with Gasteiger partial charge in [-0.05, 0) is 66.4 Å². The van der Waals surface area contributed by atoms with E-state index >= 15 is 0 Å². The number of allylic oxidation sites excluding steroid dienone is 2. The summed E-state index contributed by atoms with van der Waals surface area (Å²) < 4.78 is 16.7. The minimum absolute atomic E-state index is 0.109. The zero-order valence-corrected chi connectivity index (χ0v) is 29.1. The monoisotopic (exact) mass is 651 g/mol. The molecule has 0 unspecified atom stereocenters. The van der Waals surface area contributed by atoms with Crippen molar-refractivity contribution in [3.05, 3.63) is 61.2 Å². The highest BCUT2D eigenvalue weighted by atomic mass is 16.6. The second kappa shape index (κ2) is 17.3. The molecule has 2 aliphatic heterocycles. The Hall–Kier alpha value is -3.97. The molecule has 1 aromatic rings. The SMILES string of the molecule is C=CC[C@]1(CCC#N)CN(C(=O)OC(C)(C)C)CCC1=O.C=CC[C@]1(COCc2ccccc2)CN(C(=O)OC(C)(C)C)CCC1=O. The fraction of sp³-hybridized carbons (Fsp3) is 0.595. The van der Waals surface area contributed by atoms with E-state index in [-0.39, 0.29) is 24.3 Å². The predicted molar refractivity (Wildman–Crippen MR) is 180 cm³/mol. The van der Waals surface area contributed by atoms with Gasteiger partial charge in [0.15, 0.2) is 0 Å². The van der Waals surface area contributed by atoms with Gasteiger partial charge in [-0.1, -0.05) is 42.5 Å². The number of nitrogens with zero attached hydrogens (tertiary/aromatic N) is 3. The van der Waals surface area contributed by atoms with Gasteiger partial charge >= 0.3 is 12.2 Å². The van der Waals surface area contributed by atoms with E-state index in [1.165, 1.54) is 0 Å². The van der Waals surface area contributed by atoms with Crippen molar-refractivity contribution in [3.8, 4) is 6.07 Å². The number of amides is 2. The molecule has 0 aliphatic carbocycles. The summed E-state index contributed by atoms with van der Waals surface area (Å²) in [6.45, 7) is 20.5. The van der Waals surface area contributed by atoms with Gasteiger partial charge in [0.1, 0.15) is 22.8 Å². The summed E-state index contributed by atoms with van der Waals surface area (Å²) in [5, 5.41) is 8.80. The molecule has 1 aromatic carbocycles. The number of ketones is 2. The first kappa shape index (κ1) is 39.2. The smallest absolute Gasteiger partial charge is 0.410 e. The first-order valence-corrected chi connectivity index (χ1v) is 16.2. The Balaban J connectivity index is 0.000000335. The summed E-state index contributed by atoms with van der Waals surface area (Å²) in [6.07, 6.45) is 4.93. The molecule has 258 valence electrons. The number of hydrogen-bond donors (Lipinski definition) is 0. The second-order valence-electron chi connectivity index (χ2n) is 14.3. The Morgan fingerprint density at radius 2 is 1.32 bits per heavy atom. The lowest BCUT2D eigenvalue weighted by molar-refractivity contribution is -0.138. The van der Waals surface area contributed by atoms with Crippen LogP contribution in [-0.2, 0) is 30.4 Å². The number of nitriles is 1. The third kappa shape index (κ3) is 12.3. The number of rotatable bonds is 10. The van der Waals surface area contributed by atoms with E-state index in [4.69, 9.17) is 19.5 Å². The Morgan fingerprint density at radius 1 is 0.851 bits per heavy atom. The maximum atomic E-state index is 12.7. The largest absolute Gasteiger partial charge is 0.444 e. The highest BCUT2D eigenvalue weighted by Gasteiger charge is 2.45. The molecule has 2 heterocycles. The van der Waals surface area contributed by atoms with Gasteiger partial charge in [0.2, 0.25) is 0 Å².